The van der Waals surface area contributed by atoms with E-state index in [-0.39, 0.29) is 0 Å². The first-order valence-electron chi connectivity index (χ1n) is 4.98. The van der Waals surface area contributed by atoms with Crippen molar-refractivity contribution >= 4 is 38.6 Å². The van der Waals surface area contributed by atoms with Crippen molar-refractivity contribution in [1.82, 2.24) is 0 Å². The van der Waals surface area contributed by atoms with Crippen molar-refractivity contribution < 1.29 is 0 Å². The second-order valence-electron chi connectivity index (χ2n) is 3.62. The molecule has 0 saturated carbocycles. The van der Waals surface area contributed by atoms with E-state index in [0.717, 1.165) is 28.0 Å². The van der Waals surface area contributed by atoms with Crippen LogP contribution in [0.25, 0.3) is 0 Å². The standard InChI is InChI=1S/C12H13BrN2S/c1-8-6-9(2-3-11(8)14)15-7-12-10(13)4-5-16-12/h2-6,15H,7,14H2,1H3. The van der Waals surface area contributed by atoms with Crippen molar-refractivity contribution in [3.8, 4) is 0 Å². The Hall–Kier alpha value is -1.00. The molecule has 0 aliphatic carbocycles. The average Bonchev–Trinajstić information content (AvgIpc) is 2.66. The smallest absolute Gasteiger partial charge is 0.0505 e. The summed E-state index contributed by atoms with van der Waals surface area (Å²) in [6.45, 7) is 2.85. The molecule has 0 saturated heterocycles. The monoisotopic (exact) mass is 296 g/mol. The van der Waals surface area contributed by atoms with Gasteiger partial charge in [0.05, 0.1) is 6.54 Å². The summed E-state index contributed by atoms with van der Waals surface area (Å²) in [5, 5.41) is 5.46. The summed E-state index contributed by atoms with van der Waals surface area (Å²) >= 11 is 5.26. The number of thiophene rings is 1. The highest BCUT2D eigenvalue weighted by molar-refractivity contribution is 9.10. The fourth-order valence-corrected chi connectivity index (χ4v) is 2.85. The second kappa shape index (κ2) is 4.89. The lowest BCUT2D eigenvalue weighted by Gasteiger charge is -2.07. The second-order valence-corrected chi connectivity index (χ2v) is 5.47. The summed E-state index contributed by atoms with van der Waals surface area (Å²) in [7, 11) is 0. The van der Waals surface area contributed by atoms with E-state index in [1.165, 1.54) is 4.88 Å². The van der Waals surface area contributed by atoms with Crippen LogP contribution < -0.4 is 11.1 Å². The SMILES string of the molecule is Cc1cc(NCc2sccc2Br)ccc1N. The fraction of sp³-hybridized carbons (Fsp3) is 0.167. The highest BCUT2D eigenvalue weighted by Crippen LogP contribution is 2.24. The molecule has 0 aliphatic heterocycles. The van der Waals surface area contributed by atoms with Gasteiger partial charge in [0.1, 0.15) is 0 Å². The van der Waals surface area contributed by atoms with Gasteiger partial charge in [-0.1, -0.05) is 0 Å². The van der Waals surface area contributed by atoms with E-state index in [4.69, 9.17) is 5.73 Å². The number of nitrogens with two attached hydrogens (primary N) is 1. The van der Waals surface area contributed by atoms with Crippen molar-refractivity contribution in [1.29, 1.82) is 0 Å². The number of hydrogen-bond donors (Lipinski definition) is 2. The Morgan fingerprint density at radius 1 is 1.38 bits per heavy atom. The lowest BCUT2D eigenvalue weighted by molar-refractivity contribution is 1.18. The number of hydrogen-bond acceptors (Lipinski definition) is 3. The molecule has 1 heterocycles. The van der Waals surface area contributed by atoms with E-state index < -0.39 is 0 Å². The molecule has 0 fully saturated rings. The normalized spacial score (nSPS) is 10.4. The summed E-state index contributed by atoms with van der Waals surface area (Å²) in [4.78, 5) is 1.30. The first kappa shape index (κ1) is 11.5. The number of rotatable bonds is 3. The molecule has 0 radical (unpaired) electrons. The third-order valence-corrected chi connectivity index (χ3v) is 4.34. The third-order valence-electron chi connectivity index (χ3n) is 2.41. The third kappa shape index (κ3) is 2.57. The minimum atomic E-state index is 0.835. The zero-order valence-electron chi connectivity index (χ0n) is 8.96. The van der Waals surface area contributed by atoms with Gasteiger partial charge in [-0.2, -0.15) is 0 Å². The van der Waals surface area contributed by atoms with Gasteiger partial charge in [-0.05, 0) is 58.1 Å². The lowest BCUT2D eigenvalue weighted by atomic mass is 10.2. The lowest BCUT2D eigenvalue weighted by Crippen LogP contribution is -1.99. The number of anilines is 2. The summed E-state index contributed by atoms with van der Waals surface area (Å²) in [5.74, 6) is 0. The molecule has 16 heavy (non-hydrogen) atoms. The Morgan fingerprint density at radius 3 is 2.81 bits per heavy atom. The molecule has 84 valence electrons. The van der Waals surface area contributed by atoms with E-state index in [0.29, 0.717) is 0 Å². The van der Waals surface area contributed by atoms with Crippen molar-refractivity contribution in [2.24, 2.45) is 0 Å². The fourth-order valence-electron chi connectivity index (χ4n) is 1.42. The topological polar surface area (TPSA) is 38.0 Å². The predicted molar refractivity (Wildman–Crippen MR) is 74.9 cm³/mol. The van der Waals surface area contributed by atoms with Crippen LogP contribution in [0.5, 0.6) is 0 Å². The Labute approximate surface area is 108 Å². The van der Waals surface area contributed by atoms with Crippen LogP contribution >= 0.6 is 27.3 Å². The predicted octanol–water partition coefficient (Wildman–Crippen LogP) is 4.01. The Kier molecular flexibility index (Phi) is 3.51. The maximum absolute atomic E-state index is 5.77. The minimum absolute atomic E-state index is 0.835. The molecule has 0 bridgehead atoms. The van der Waals surface area contributed by atoms with Crippen molar-refractivity contribution in [2.45, 2.75) is 13.5 Å². The van der Waals surface area contributed by atoms with Gasteiger partial charge in [-0.3, -0.25) is 0 Å². The quantitative estimate of drug-likeness (QED) is 0.840. The van der Waals surface area contributed by atoms with Crippen LogP contribution in [0, 0.1) is 6.92 Å². The minimum Gasteiger partial charge on any atom is -0.399 e. The number of benzene rings is 1. The van der Waals surface area contributed by atoms with E-state index in [2.05, 4.69) is 38.8 Å². The van der Waals surface area contributed by atoms with Gasteiger partial charge in [0.25, 0.3) is 0 Å². The molecule has 2 aromatic rings. The van der Waals surface area contributed by atoms with Crippen LogP contribution in [0.4, 0.5) is 11.4 Å². The molecule has 2 nitrogen and oxygen atoms in total. The van der Waals surface area contributed by atoms with Crippen molar-refractivity contribution in [3.05, 3.63) is 44.6 Å². The van der Waals surface area contributed by atoms with Crippen molar-refractivity contribution in [3.63, 3.8) is 0 Å². The largest absolute Gasteiger partial charge is 0.399 e. The summed E-state index contributed by atoms with van der Waals surface area (Å²) in [5.41, 5.74) is 8.82. The van der Waals surface area contributed by atoms with Crippen molar-refractivity contribution in [2.75, 3.05) is 11.1 Å². The van der Waals surface area contributed by atoms with Crippen LogP contribution in [-0.2, 0) is 6.54 Å². The molecule has 2 rings (SSSR count). The molecule has 1 aromatic carbocycles. The van der Waals surface area contributed by atoms with Gasteiger partial charge in [-0.15, -0.1) is 11.3 Å². The molecule has 1 aromatic heterocycles. The van der Waals surface area contributed by atoms with E-state index in [1.54, 1.807) is 11.3 Å². The summed E-state index contributed by atoms with van der Waals surface area (Å²) < 4.78 is 1.16. The van der Waals surface area contributed by atoms with Gasteiger partial charge < -0.3 is 11.1 Å². The number of halogens is 1. The first-order chi connectivity index (χ1) is 7.66. The molecule has 3 N–H and O–H groups in total. The maximum Gasteiger partial charge on any atom is 0.0505 e. The molecule has 0 unspecified atom stereocenters. The molecule has 0 spiro atoms. The number of nitrogen functional groups attached to an aromatic ring is 1. The maximum atomic E-state index is 5.77. The van der Waals surface area contributed by atoms with Gasteiger partial charge >= 0.3 is 0 Å². The van der Waals surface area contributed by atoms with Crippen LogP contribution in [0.2, 0.25) is 0 Å². The van der Waals surface area contributed by atoms with Gasteiger partial charge in [0, 0.05) is 20.7 Å². The van der Waals surface area contributed by atoms with Crippen LogP contribution in [-0.4, -0.2) is 0 Å². The molecular formula is C12H13BrN2S. The van der Waals surface area contributed by atoms with Gasteiger partial charge in [0.2, 0.25) is 0 Å². The Morgan fingerprint density at radius 2 is 2.19 bits per heavy atom. The summed E-state index contributed by atoms with van der Waals surface area (Å²) in [6, 6.07) is 8.07. The highest BCUT2D eigenvalue weighted by atomic mass is 79.9. The first-order valence-corrected chi connectivity index (χ1v) is 6.66. The van der Waals surface area contributed by atoms with E-state index in [9.17, 15) is 0 Å². The molecule has 0 amide bonds. The zero-order chi connectivity index (χ0) is 11.5. The number of aryl methyl sites for hydroxylation is 1. The highest BCUT2D eigenvalue weighted by Gasteiger charge is 2.01. The summed E-state index contributed by atoms with van der Waals surface area (Å²) in [6.07, 6.45) is 0. The molecule has 0 aliphatic rings. The van der Waals surface area contributed by atoms with Gasteiger partial charge in [-0.25, -0.2) is 0 Å². The van der Waals surface area contributed by atoms with Crippen LogP contribution in [0.15, 0.2) is 34.1 Å². The zero-order valence-corrected chi connectivity index (χ0v) is 11.4. The molecular weight excluding hydrogens is 284 g/mol. The molecule has 4 heteroatoms. The average molecular weight is 297 g/mol. The van der Waals surface area contributed by atoms with Crippen LogP contribution in [0.1, 0.15) is 10.4 Å². The van der Waals surface area contributed by atoms with E-state index in [1.807, 2.05) is 19.1 Å². The number of nitrogens with one attached hydrogen (secondary N) is 1. The van der Waals surface area contributed by atoms with Gasteiger partial charge in [0.15, 0.2) is 0 Å². The van der Waals surface area contributed by atoms with Crippen LogP contribution in [0.3, 0.4) is 0 Å². The Bertz CT molecular complexity index is 494. The Balaban J connectivity index is 2.05. The molecule has 0 atom stereocenters. The van der Waals surface area contributed by atoms with E-state index >= 15 is 0 Å².